The highest BCUT2D eigenvalue weighted by atomic mass is 16.5. The minimum atomic E-state index is -0.359. The average Bonchev–Trinajstić information content (AvgIpc) is 2.92. The molecule has 7 unspecified atom stereocenters. The number of ether oxygens (including phenoxy) is 1. The number of allylic oxidation sites excluding steroid dienone is 5. The van der Waals surface area contributed by atoms with Crippen LogP contribution in [0.1, 0.15) is 46.0 Å². The lowest BCUT2D eigenvalue weighted by Gasteiger charge is -2.58. The van der Waals surface area contributed by atoms with Crippen molar-refractivity contribution in [3.05, 3.63) is 36.0 Å². The summed E-state index contributed by atoms with van der Waals surface area (Å²) in [6.07, 6.45) is 11.3. The molecule has 26 heavy (non-hydrogen) atoms. The first-order chi connectivity index (χ1) is 12.3. The molecule has 3 saturated carbocycles. The summed E-state index contributed by atoms with van der Waals surface area (Å²) in [6, 6.07) is 0. The number of ketones is 1. The highest BCUT2D eigenvalue weighted by Crippen LogP contribution is 2.66. The molecule has 3 nitrogen and oxygen atoms in total. The van der Waals surface area contributed by atoms with Crippen LogP contribution in [0.25, 0.3) is 0 Å². The van der Waals surface area contributed by atoms with E-state index in [0.29, 0.717) is 11.8 Å². The number of methoxy groups -OCH3 is 1. The SMILES string of the molecule is C=C1C=CC2(C)C(=C1)CCC1C2C(O)CC2(C)C(C(=O)COC)CCC12. The maximum Gasteiger partial charge on any atom is 0.162 e. The van der Waals surface area contributed by atoms with Gasteiger partial charge in [-0.25, -0.2) is 0 Å². The van der Waals surface area contributed by atoms with Gasteiger partial charge in [0.15, 0.2) is 5.78 Å². The summed E-state index contributed by atoms with van der Waals surface area (Å²) in [4.78, 5) is 12.7. The molecule has 0 aromatic heterocycles. The number of fused-ring (bicyclic) bond motifs is 5. The average molecular weight is 357 g/mol. The molecule has 3 fully saturated rings. The first-order valence-corrected chi connectivity index (χ1v) is 10.1. The molecule has 0 amide bonds. The largest absolute Gasteiger partial charge is 0.393 e. The molecule has 0 heterocycles. The van der Waals surface area contributed by atoms with E-state index in [1.54, 1.807) is 7.11 Å². The van der Waals surface area contributed by atoms with Gasteiger partial charge >= 0.3 is 0 Å². The number of carbonyl (C=O) groups excluding carboxylic acids is 1. The molecular formula is C23H32O3. The van der Waals surface area contributed by atoms with Crippen LogP contribution >= 0.6 is 0 Å². The Morgan fingerprint density at radius 1 is 1.35 bits per heavy atom. The van der Waals surface area contributed by atoms with E-state index in [0.717, 1.165) is 37.7 Å². The highest BCUT2D eigenvalue weighted by molar-refractivity contribution is 5.83. The fourth-order valence-electron chi connectivity index (χ4n) is 7.17. The first kappa shape index (κ1) is 18.2. The van der Waals surface area contributed by atoms with Crippen molar-refractivity contribution in [1.29, 1.82) is 0 Å². The molecule has 0 bridgehead atoms. The van der Waals surface area contributed by atoms with E-state index in [1.807, 2.05) is 0 Å². The van der Waals surface area contributed by atoms with Crippen LogP contribution in [0, 0.1) is 34.5 Å². The van der Waals surface area contributed by atoms with Crippen molar-refractivity contribution >= 4 is 5.78 Å². The summed E-state index contributed by atoms with van der Waals surface area (Å²) in [5.41, 5.74) is 2.34. The number of aliphatic hydroxyl groups excluding tert-OH is 1. The van der Waals surface area contributed by atoms with Gasteiger partial charge in [0, 0.05) is 24.4 Å². The van der Waals surface area contributed by atoms with Crippen molar-refractivity contribution < 1.29 is 14.6 Å². The van der Waals surface area contributed by atoms with Crippen LogP contribution in [0.15, 0.2) is 36.0 Å². The standard InChI is InChI=1S/C23H32O3/c1-14-9-10-22(2)15(11-14)5-6-16-17-7-8-18(20(25)13-26-4)23(17,3)12-19(24)21(16)22/h9-11,16-19,21,24H,1,5-8,12-13H2,2-4H3. The number of hydrogen-bond donors (Lipinski definition) is 1. The monoisotopic (exact) mass is 356 g/mol. The summed E-state index contributed by atoms with van der Waals surface area (Å²) in [6.45, 7) is 8.85. The van der Waals surface area contributed by atoms with Crippen molar-refractivity contribution in [2.75, 3.05) is 13.7 Å². The molecule has 1 N–H and O–H groups in total. The van der Waals surface area contributed by atoms with Gasteiger partial charge in [0.1, 0.15) is 6.61 Å². The molecule has 0 radical (unpaired) electrons. The Morgan fingerprint density at radius 2 is 2.12 bits per heavy atom. The summed E-state index contributed by atoms with van der Waals surface area (Å²) in [7, 11) is 1.59. The van der Waals surface area contributed by atoms with E-state index in [4.69, 9.17) is 4.74 Å². The molecule has 0 aliphatic heterocycles. The fraction of sp³-hybridized carbons (Fsp3) is 0.696. The number of hydrogen-bond acceptors (Lipinski definition) is 3. The van der Waals surface area contributed by atoms with Gasteiger partial charge in [-0.3, -0.25) is 4.79 Å². The molecule has 4 rings (SSSR count). The van der Waals surface area contributed by atoms with Gasteiger partial charge in [-0.1, -0.05) is 44.2 Å². The molecule has 0 saturated heterocycles. The van der Waals surface area contributed by atoms with Crippen molar-refractivity contribution in [2.45, 2.75) is 52.1 Å². The van der Waals surface area contributed by atoms with E-state index in [2.05, 4.69) is 38.7 Å². The van der Waals surface area contributed by atoms with Gasteiger partial charge in [-0.2, -0.15) is 0 Å². The van der Waals surface area contributed by atoms with E-state index in [1.165, 1.54) is 5.57 Å². The van der Waals surface area contributed by atoms with Gasteiger partial charge in [0.05, 0.1) is 6.10 Å². The molecule has 3 heteroatoms. The third-order valence-corrected chi connectivity index (χ3v) is 8.26. The normalized spacial score (nSPS) is 47.0. The predicted octanol–water partition coefficient (Wildman–Crippen LogP) is 4.08. The smallest absolute Gasteiger partial charge is 0.162 e. The number of carbonyl (C=O) groups is 1. The van der Waals surface area contributed by atoms with E-state index < -0.39 is 0 Å². The van der Waals surface area contributed by atoms with Crippen molar-refractivity contribution in [3.8, 4) is 0 Å². The van der Waals surface area contributed by atoms with Gasteiger partial charge < -0.3 is 9.84 Å². The molecule has 0 aromatic rings. The number of Topliss-reactive ketones (excluding diaryl/α,β-unsaturated/α-hetero) is 1. The van der Waals surface area contributed by atoms with Crippen LogP contribution in [0.5, 0.6) is 0 Å². The molecular weight excluding hydrogens is 324 g/mol. The van der Waals surface area contributed by atoms with Crippen LogP contribution in [0.2, 0.25) is 0 Å². The third-order valence-electron chi connectivity index (χ3n) is 8.26. The zero-order valence-corrected chi connectivity index (χ0v) is 16.3. The van der Waals surface area contributed by atoms with Gasteiger partial charge in [0.2, 0.25) is 0 Å². The number of rotatable bonds is 3. The number of aliphatic hydroxyl groups is 1. The fourth-order valence-corrected chi connectivity index (χ4v) is 7.17. The lowest BCUT2D eigenvalue weighted by Crippen LogP contribution is -2.56. The third kappa shape index (κ3) is 2.43. The second kappa shape index (κ2) is 6.17. The Bertz CT molecular complexity index is 690. The lowest BCUT2D eigenvalue weighted by atomic mass is 9.46. The van der Waals surface area contributed by atoms with Gasteiger partial charge in [-0.15, -0.1) is 0 Å². The Kier molecular flexibility index (Phi) is 4.32. The van der Waals surface area contributed by atoms with Crippen LogP contribution in [0.4, 0.5) is 0 Å². The second-order valence-corrected chi connectivity index (χ2v) is 9.50. The predicted molar refractivity (Wildman–Crippen MR) is 103 cm³/mol. The highest BCUT2D eigenvalue weighted by Gasteiger charge is 2.62. The minimum absolute atomic E-state index is 0.0365. The molecule has 142 valence electrons. The van der Waals surface area contributed by atoms with Crippen LogP contribution < -0.4 is 0 Å². The molecule has 0 aromatic carbocycles. The Balaban J connectivity index is 1.68. The Labute approximate surface area is 157 Å². The zero-order valence-electron chi connectivity index (χ0n) is 16.3. The van der Waals surface area contributed by atoms with Crippen LogP contribution in [-0.2, 0) is 9.53 Å². The summed E-state index contributed by atoms with van der Waals surface area (Å²) >= 11 is 0. The molecule has 4 aliphatic carbocycles. The lowest BCUT2D eigenvalue weighted by molar-refractivity contribution is -0.141. The Morgan fingerprint density at radius 3 is 2.85 bits per heavy atom. The Hall–Kier alpha value is -1.19. The van der Waals surface area contributed by atoms with Gasteiger partial charge in [-0.05, 0) is 54.9 Å². The van der Waals surface area contributed by atoms with E-state index in [-0.39, 0.29) is 41.2 Å². The molecule has 4 aliphatic rings. The van der Waals surface area contributed by atoms with Gasteiger partial charge in [0.25, 0.3) is 0 Å². The van der Waals surface area contributed by atoms with Crippen LogP contribution in [0.3, 0.4) is 0 Å². The minimum Gasteiger partial charge on any atom is -0.393 e. The summed E-state index contributed by atoms with van der Waals surface area (Å²) < 4.78 is 5.13. The summed E-state index contributed by atoms with van der Waals surface area (Å²) in [5, 5.41) is 11.3. The maximum absolute atomic E-state index is 12.7. The van der Waals surface area contributed by atoms with Crippen molar-refractivity contribution in [1.82, 2.24) is 0 Å². The van der Waals surface area contributed by atoms with Crippen molar-refractivity contribution in [2.24, 2.45) is 34.5 Å². The first-order valence-electron chi connectivity index (χ1n) is 10.1. The second-order valence-electron chi connectivity index (χ2n) is 9.50. The van der Waals surface area contributed by atoms with Crippen molar-refractivity contribution in [3.63, 3.8) is 0 Å². The quantitative estimate of drug-likeness (QED) is 0.829. The van der Waals surface area contributed by atoms with E-state index >= 15 is 0 Å². The maximum atomic E-state index is 12.7. The van der Waals surface area contributed by atoms with E-state index in [9.17, 15) is 9.90 Å². The zero-order chi connectivity index (χ0) is 18.7. The summed E-state index contributed by atoms with van der Waals surface area (Å²) in [5.74, 6) is 1.52. The van der Waals surface area contributed by atoms with Crippen LogP contribution in [-0.4, -0.2) is 30.7 Å². The topological polar surface area (TPSA) is 46.5 Å². The molecule has 7 atom stereocenters. The molecule has 0 spiro atoms.